The van der Waals surface area contributed by atoms with Crippen LogP contribution in [-0.4, -0.2) is 49.8 Å². The summed E-state index contributed by atoms with van der Waals surface area (Å²) in [6, 6.07) is 24.0. The van der Waals surface area contributed by atoms with Crippen LogP contribution in [0.3, 0.4) is 0 Å². The first-order chi connectivity index (χ1) is 18.3. The molecule has 1 amide bonds. The molecule has 4 N–H and O–H groups in total. The second kappa shape index (κ2) is 12.7. The van der Waals surface area contributed by atoms with Gasteiger partial charge in [-0.25, -0.2) is 13.1 Å². The minimum atomic E-state index is -3.79. The molecule has 0 saturated carbocycles. The van der Waals surface area contributed by atoms with E-state index in [2.05, 4.69) is 10.0 Å². The summed E-state index contributed by atoms with van der Waals surface area (Å²) >= 11 is 0. The summed E-state index contributed by atoms with van der Waals surface area (Å²) in [7, 11) is -3.79. The van der Waals surface area contributed by atoms with Gasteiger partial charge in [-0.3, -0.25) is 4.79 Å². The highest BCUT2D eigenvalue weighted by Crippen LogP contribution is 2.32. The highest BCUT2D eigenvalue weighted by atomic mass is 32.2. The van der Waals surface area contributed by atoms with Gasteiger partial charge in [-0.05, 0) is 60.1 Å². The number of sulfonamides is 1. The van der Waals surface area contributed by atoms with Gasteiger partial charge in [0.05, 0.1) is 17.1 Å². The smallest absolute Gasteiger partial charge is 0.240 e. The zero-order valence-corrected chi connectivity index (χ0v) is 22.4. The van der Waals surface area contributed by atoms with E-state index in [-0.39, 0.29) is 29.7 Å². The SMILES string of the molecule is CCc1ccc(S(=O)(=O)NC[C@@H](O)C[C@@H](Cc2ccccc2)C(=O)NC[C@H]2c3ccccc3C[C@H]2O)cc1. The number of hydrogen-bond acceptors (Lipinski definition) is 5. The highest BCUT2D eigenvalue weighted by Gasteiger charge is 2.32. The number of aliphatic hydroxyl groups is 2. The van der Waals surface area contributed by atoms with Gasteiger partial charge in [0.25, 0.3) is 0 Å². The molecule has 38 heavy (non-hydrogen) atoms. The first-order valence-electron chi connectivity index (χ1n) is 13.1. The number of benzene rings is 3. The number of carbonyl (C=O) groups is 1. The predicted molar refractivity (Wildman–Crippen MR) is 147 cm³/mol. The lowest BCUT2D eigenvalue weighted by Crippen LogP contribution is -2.40. The van der Waals surface area contributed by atoms with Crippen LogP contribution >= 0.6 is 0 Å². The van der Waals surface area contributed by atoms with Crippen molar-refractivity contribution in [3.63, 3.8) is 0 Å². The quantitative estimate of drug-likeness (QED) is 0.284. The molecule has 3 aromatic rings. The molecule has 0 bridgehead atoms. The Balaban J connectivity index is 1.39. The topological polar surface area (TPSA) is 116 Å². The molecule has 0 heterocycles. The minimum absolute atomic E-state index is 0.0851. The van der Waals surface area contributed by atoms with Crippen molar-refractivity contribution in [2.75, 3.05) is 13.1 Å². The third-order valence-electron chi connectivity index (χ3n) is 7.25. The number of hydrogen-bond donors (Lipinski definition) is 4. The predicted octanol–water partition coefficient (Wildman–Crippen LogP) is 2.95. The van der Waals surface area contributed by atoms with Crippen molar-refractivity contribution in [2.24, 2.45) is 5.92 Å². The molecule has 0 aromatic heterocycles. The van der Waals surface area contributed by atoms with Crippen LogP contribution in [0.15, 0.2) is 83.8 Å². The van der Waals surface area contributed by atoms with Crippen molar-refractivity contribution in [2.45, 2.75) is 55.6 Å². The van der Waals surface area contributed by atoms with E-state index in [1.165, 1.54) is 0 Å². The Hall–Kier alpha value is -3.04. The standard InChI is InChI=1S/C30H36N2O5S/c1-2-21-12-14-26(15-13-21)38(36,37)32-19-25(33)17-24(16-22-8-4-3-5-9-22)30(35)31-20-28-27-11-7-6-10-23(27)18-29(28)34/h3-15,24-25,28-29,32-34H,2,16-20H2,1H3,(H,31,35)/t24-,25+,28+,29-/m1/s1. The van der Waals surface area contributed by atoms with Gasteiger partial charge in [0.2, 0.25) is 15.9 Å². The lowest BCUT2D eigenvalue weighted by atomic mass is 9.92. The molecule has 0 fully saturated rings. The Bertz CT molecular complexity index is 1310. The Morgan fingerprint density at radius 2 is 1.66 bits per heavy atom. The maximum absolute atomic E-state index is 13.3. The Labute approximate surface area is 225 Å². The van der Waals surface area contributed by atoms with E-state index in [1.54, 1.807) is 24.3 Å². The number of amides is 1. The lowest BCUT2D eigenvalue weighted by molar-refractivity contribution is -0.126. The van der Waals surface area contributed by atoms with Crippen molar-refractivity contribution in [3.05, 3.63) is 101 Å². The summed E-state index contributed by atoms with van der Waals surface area (Å²) in [5.74, 6) is -1.000. The van der Waals surface area contributed by atoms with Crippen LogP contribution in [0.1, 0.15) is 41.5 Å². The number of aliphatic hydroxyl groups excluding tert-OH is 2. The molecule has 1 aliphatic rings. The first-order valence-corrected chi connectivity index (χ1v) is 14.6. The number of carbonyl (C=O) groups excluding carboxylic acids is 1. The molecule has 0 aliphatic heterocycles. The highest BCUT2D eigenvalue weighted by molar-refractivity contribution is 7.89. The Kier molecular flexibility index (Phi) is 9.33. The maximum atomic E-state index is 13.3. The van der Waals surface area contributed by atoms with Crippen molar-refractivity contribution in [1.82, 2.24) is 10.0 Å². The summed E-state index contributed by atoms with van der Waals surface area (Å²) in [6.07, 6.45) is 0.234. The maximum Gasteiger partial charge on any atom is 0.240 e. The second-order valence-electron chi connectivity index (χ2n) is 9.95. The van der Waals surface area contributed by atoms with Crippen LogP contribution in [0.2, 0.25) is 0 Å². The monoisotopic (exact) mass is 536 g/mol. The fraction of sp³-hybridized carbons (Fsp3) is 0.367. The molecule has 0 saturated heterocycles. The lowest BCUT2D eigenvalue weighted by Gasteiger charge is -2.23. The van der Waals surface area contributed by atoms with E-state index >= 15 is 0 Å². The summed E-state index contributed by atoms with van der Waals surface area (Å²) in [6.45, 7) is 2.08. The van der Waals surface area contributed by atoms with Crippen LogP contribution in [0, 0.1) is 5.92 Å². The van der Waals surface area contributed by atoms with Crippen LogP contribution in [0.25, 0.3) is 0 Å². The molecule has 0 spiro atoms. The normalized spacial score (nSPS) is 18.5. The summed E-state index contributed by atoms with van der Waals surface area (Å²) in [5, 5.41) is 24.3. The molecule has 3 aromatic carbocycles. The van der Waals surface area contributed by atoms with Gasteiger partial charge in [0.15, 0.2) is 0 Å². The van der Waals surface area contributed by atoms with Crippen molar-refractivity contribution >= 4 is 15.9 Å². The number of fused-ring (bicyclic) bond motifs is 1. The summed E-state index contributed by atoms with van der Waals surface area (Å²) < 4.78 is 27.9. The third kappa shape index (κ3) is 7.08. The fourth-order valence-electron chi connectivity index (χ4n) is 5.04. The molecule has 0 radical (unpaired) electrons. The molecule has 4 atom stereocenters. The zero-order chi connectivity index (χ0) is 27.1. The van der Waals surface area contributed by atoms with Gasteiger partial charge in [-0.2, -0.15) is 0 Å². The van der Waals surface area contributed by atoms with Gasteiger partial charge in [0, 0.05) is 24.9 Å². The molecular formula is C30H36N2O5S. The molecule has 202 valence electrons. The van der Waals surface area contributed by atoms with Gasteiger partial charge in [-0.15, -0.1) is 0 Å². The van der Waals surface area contributed by atoms with Gasteiger partial charge in [0.1, 0.15) is 0 Å². The number of aryl methyl sites for hydroxylation is 1. The van der Waals surface area contributed by atoms with Crippen LogP contribution in [-0.2, 0) is 34.1 Å². The van der Waals surface area contributed by atoms with E-state index in [0.717, 1.165) is 28.7 Å². The van der Waals surface area contributed by atoms with Crippen molar-refractivity contribution in [3.8, 4) is 0 Å². The van der Waals surface area contributed by atoms with Crippen LogP contribution in [0.4, 0.5) is 0 Å². The van der Waals surface area contributed by atoms with E-state index < -0.39 is 28.1 Å². The second-order valence-corrected chi connectivity index (χ2v) is 11.7. The average molecular weight is 537 g/mol. The third-order valence-corrected chi connectivity index (χ3v) is 8.69. The molecule has 0 unspecified atom stereocenters. The molecule has 1 aliphatic carbocycles. The minimum Gasteiger partial charge on any atom is -0.392 e. The summed E-state index contributed by atoms with van der Waals surface area (Å²) in [5.41, 5.74) is 4.11. The van der Waals surface area contributed by atoms with Gasteiger partial charge >= 0.3 is 0 Å². The fourth-order valence-corrected chi connectivity index (χ4v) is 6.12. The van der Waals surface area contributed by atoms with Crippen LogP contribution in [0.5, 0.6) is 0 Å². The molecular weight excluding hydrogens is 500 g/mol. The molecule has 8 heteroatoms. The number of rotatable bonds is 12. The van der Waals surface area contributed by atoms with E-state index in [4.69, 9.17) is 0 Å². The zero-order valence-electron chi connectivity index (χ0n) is 21.6. The van der Waals surface area contributed by atoms with E-state index in [9.17, 15) is 23.4 Å². The largest absolute Gasteiger partial charge is 0.392 e. The Morgan fingerprint density at radius 3 is 2.37 bits per heavy atom. The average Bonchev–Trinajstić information content (AvgIpc) is 3.25. The van der Waals surface area contributed by atoms with Gasteiger partial charge in [-0.1, -0.05) is 73.7 Å². The summed E-state index contributed by atoms with van der Waals surface area (Å²) in [4.78, 5) is 13.4. The van der Waals surface area contributed by atoms with Crippen molar-refractivity contribution in [1.29, 1.82) is 0 Å². The first kappa shape index (κ1) is 28.0. The van der Waals surface area contributed by atoms with E-state index in [0.29, 0.717) is 19.4 Å². The van der Waals surface area contributed by atoms with Crippen molar-refractivity contribution < 1.29 is 23.4 Å². The Morgan fingerprint density at radius 1 is 0.974 bits per heavy atom. The number of nitrogens with one attached hydrogen (secondary N) is 2. The van der Waals surface area contributed by atoms with Gasteiger partial charge < -0.3 is 15.5 Å². The molecule has 7 nitrogen and oxygen atoms in total. The van der Waals surface area contributed by atoms with Crippen LogP contribution < -0.4 is 10.0 Å². The molecule has 4 rings (SSSR count). The van der Waals surface area contributed by atoms with E-state index in [1.807, 2.05) is 61.5 Å².